The zero-order chi connectivity index (χ0) is 12.5. The average Bonchev–Trinajstić information content (AvgIpc) is 2.76. The van der Waals surface area contributed by atoms with Crippen molar-refractivity contribution in [3.63, 3.8) is 0 Å². The van der Waals surface area contributed by atoms with Crippen LogP contribution in [0.2, 0.25) is 0 Å². The van der Waals surface area contributed by atoms with E-state index in [0.29, 0.717) is 25.9 Å². The predicted molar refractivity (Wildman–Crippen MR) is 63.0 cm³/mol. The molecule has 0 aromatic heterocycles. The van der Waals surface area contributed by atoms with Crippen molar-refractivity contribution < 1.29 is 9.90 Å². The van der Waals surface area contributed by atoms with E-state index in [1.807, 2.05) is 0 Å². The van der Waals surface area contributed by atoms with Crippen molar-refractivity contribution in [2.24, 2.45) is 5.41 Å². The van der Waals surface area contributed by atoms with E-state index < -0.39 is 11.0 Å². The first-order chi connectivity index (χ1) is 7.99. The number of hydrogen-bond acceptors (Lipinski definition) is 3. The summed E-state index contributed by atoms with van der Waals surface area (Å²) in [5.74, 6) is -0.0579. The quantitative estimate of drug-likeness (QED) is 0.749. The minimum Gasteiger partial charge on any atom is -0.388 e. The monoisotopic (exact) mass is 236 g/mol. The van der Waals surface area contributed by atoms with E-state index in [1.165, 1.54) is 0 Å². The molecule has 0 bridgehead atoms. The number of hydrogen-bond donors (Lipinski definition) is 1. The summed E-state index contributed by atoms with van der Waals surface area (Å²) in [5, 5.41) is 19.3. The van der Waals surface area contributed by atoms with Gasteiger partial charge in [0, 0.05) is 13.1 Å². The zero-order valence-electron chi connectivity index (χ0n) is 10.4. The molecule has 17 heavy (non-hydrogen) atoms. The molecule has 0 aromatic carbocycles. The molecule has 2 fully saturated rings. The van der Waals surface area contributed by atoms with Crippen molar-refractivity contribution in [3.8, 4) is 6.07 Å². The van der Waals surface area contributed by atoms with E-state index in [1.54, 1.807) is 11.8 Å². The van der Waals surface area contributed by atoms with Crippen molar-refractivity contribution >= 4 is 5.91 Å². The lowest BCUT2D eigenvalue weighted by Crippen LogP contribution is -2.52. The molecule has 0 aromatic rings. The third-order valence-electron chi connectivity index (χ3n) is 4.04. The maximum atomic E-state index is 12.4. The summed E-state index contributed by atoms with van der Waals surface area (Å²) in [6.07, 6.45) is 4.84. The van der Waals surface area contributed by atoms with Gasteiger partial charge in [-0.3, -0.25) is 4.79 Å². The van der Waals surface area contributed by atoms with Gasteiger partial charge in [-0.1, -0.05) is 12.8 Å². The van der Waals surface area contributed by atoms with E-state index >= 15 is 0 Å². The fraction of sp³-hybridized carbons (Fsp3) is 0.846. The number of carbonyl (C=O) groups is 1. The lowest BCUT2D eigenvalue weighted by molar-refractivity contribution is -0.145. The molecule has 0 radical (unpaired) electrons. The highest BCUT2D eigenvalue weighted by molar-refractivity contribution is 5.86. The molecule has 1 saturated heterocycles. The second-order valence-electron chi connectivity index (χ2n) is 5.73. The Morgan fingerprint density at radius 3 is 2.47 bits per heavy atom. The molecule has 1 heterocycles. The van der Waals surface area contributed by atoms with Crippen LogP contribution < -0.4 is 0 Å². The molecule has 0 spiro atoms. The average molecular weight is 236 g/mol. The molecule has 1 unspecified atom stereocenters. The standard InChI is InChI=1S/C13H20N2O2/c1-12(17)5-4-8-15(10-12)11(16)13(9-14)6-2-3-7-13/h17H,2-8,10H2,1H3. The van der Waals surface area contributed by atoms with E-state index in [0.717, 1.165) is 25.7 Å². The van der Waals surface area contributed by atoms with E-state index in [4.69, 9.17) is 0 Å². The predicted octanol–water partition coefficient (Wildman–Crippen LogP) is 1.44. The number of piperidine rings is 1. The van der Waals surface area contributed by atoms with Crippen LogP contribution >= 0.6 is 0 Å². The molecular weight excluding hydrogens is 216 g/mol. The van der Waals surface area contributed by atoms with E-state index in [2.05, 4.69) is 6.07 Å². The summed E-state index contributed by atoms with van der Waals surface area (Å²) in [5.41, 5.74) is -1.59. The van der Waals surface area contributed by atoms with Gasteiger partial charge in [-0.05, 0) is 32.6 Å². The number of β-amino-alcohol motifs (C(OH)–C–C–N with tert-alkyl or cyclic N) is 1. The third-order valence-corrected chi connectivity index (χ3v) is 4.04. The molecule has 1 atom stereocenters. The van der Waals surface area contributed by atoms with Crippen LogP contribution in [-0.2, 0) is 4.79 Å². The zero-order valence-corrected chi connectivity index (χ0v) is 10.4. The molecule has 1 amide bonds. The smallest absolute Gasteiger partial charge is 0.243 e. The Kier molecular flexibility index (Phi) is 3.13. The van der Waals surface area contributed by atoms with Crippen LogP contribution in [0.5, 0.6) is 0 Å². The molecule has 2 rings (SSSR count). The Labute approximate surface area is 102 Å². The van der Waals surface area contributed by atoms with Gasteiger partial charge in [-0.25, -0.2) is 0 Å². The molecule has 1 N–H and O–H groups in total. The van der Waals surface area contributed by atoms with Crippen LogP contribution in [0.4, 0.5) is 0 Å². The summed E-state index contributed by atoms with van der Waals surface area (Å²) in [7, 11) is 0. The molecular formula is C13H20N2O2. The number of carbonyl (C=O) groups excluding carboxylic acids is 1. The first kappa shape index (κ1) is 12.4. The van der Waals surface area contributed by atoms with Crippen LogP contribution in [0, 0.1) is 16.7 Å². The van der Waals surface area contributed by atoms with Gasteiger partial charge in [0.25, 0.3) is 0 Å². The lowest BCUT2D eigenvalue weighted by Gasteiger charge is -2.39. The maximum absolute atomic E-state index is 12.4. The molecule has 2 aliphatic rings. The Bertz CT molecular complexity index is 351. The van der Waals surface area contributed by atoms with Crippen LogP contribution in [-0.4, -0.2) is 34.6 Å². The number of nitriles is 1. The SMILES string of the molecule is CC1(O)CCCN(C(=O)C2(C#N)CCCC2)C1. The molecule has 1 saturated carbocycles. The summed E-state index contributed by atoms with van der Waals surface area (Å²) < 4.78 is 0. The van der Waals surface area contributed by atoms with Crippen LogP contribution in [0.15, 0.2) is 0 Å². The van der Waals surface area contributed by atoms with Crippen LogP contribution in [0.3, 0.4) is 0 Å². The molecule has 4 heteroatoms. The topological polar surface area (TPSA) is 64.3 Å². The maximum Gasteiger partial charge on any atom is 0.243 e. The van der Waals surface area contributed by atoms with Gasteiger partial charge in [0.15, 0.2) is 0 Å². The Morgan fingerprint density at radius 2 is 1.94 bits per heavy atom. The van der Waals surface area contributed by atoms with Gasteiger partial charge in [-0.2, -0.15) is 5.26 Å². The van der Waals surface area contributed by atoms with Gasteiger partial charge < -0.3 is 10.0 Å². The van der Waals surface area contributed by atoms with E-state index in [9.17, 15) is 15.2 Å². The molecule has 1 aliphatic carbocycles. The molecule has 1 aliphatic heterocycles. The van der Waals surface area contributed by atoms with Crippen molar-refractivity contribution in [3.05, 3.63) is 0 Å². The first-order valence-electron chi connectivity index (χ1n) is 6.42. The normalized spacial score (nSPS) is 32.2. The summed E-state index contributed by atoms with van der Waals surface area (Å²) in [6, 6.07) is 2.23. The minimum atomic E-state index is -0.798. The van der Waals surface area contributed by atoms with Gasteiger partial charge in [0.2, 0.25) is 5.91 Å². The number of likely N-dealkylation sites (tertiary alicyclic amines) is 1. The van der Waals surface area contributed by atoms with Crippen molar-refractivity contribution in [1.82, 2.24) is 4.90 Å². The fourth-order valence-corrected chi connectivity index (χ4v) is 3.05. The van der Waals surface area contributed by atoms with Gasteiger partial charge in [-0.15, -0.1) is 0 Å². The van der Waals surface area contributed by atoms with Gasteiger partial charge in [0.1, 0.15) is 5.41 Å². The largest absolute Gasteiger partial charge is 0.388 e. The van der Waals surface area contributed by atoms with Crippen molar-refractivity contribution in [2.75, 3.05) is 13.1 Å². The highest BCUT2D eigenvalue weighted by Crippen LogP contribution is 2.40. The third kappa shape index (κ3) is 2.30. The summed E-state index contributed by atoms with van der Waals surface area (Å²) in [4.78, 5) is 14.1. The number of rotatable bonds is 1. The number of amides is 1. The number of nitrogens with zero attached hydrogens (tertiary/aromatic N) is 2. The Hall–Kier alpha value is -1.08. The molecule has 4 nitrogen and oxygen atoms in total. The van der Waals surface area contributed by atoms with Crippen LogP contribution in [0.1, 0.15) is 45.4 Å². The first-order valence-corrected chi connectivity index (χ1v) is 6.42. The second-order valence-corrected chi connectivity index (χ2v) is 5.73. The summed E-state index contributed by atoms with van der Waals surface area (Å²) >= 11 is 0. The fourth-order valence-electron chi connectivity index (χ4n) is 3.05. The summed E-state index contributed by atoms with van der Waals surface area (Å²) in [6.45, 7) is 2.81. The minimum absolute atomic E-state index is 0.0579. The highest BCUT2D eigenvalue weighted by Gasteiger charge is 2.45. The highest BCUT2D eigenvalue weighted by atomic mass is 16.3. The lowest BCUT2D eigenvalue weighted by atomic mass is 9.84. The van der Waals surface area contributed by atoms with Gasteiger partial charge >= 0.3 is 0 Å². The Balaban J connectivity index is 2.12. The van der Waals surface area contributed by atoms with Crippen LogP contribution in [0.25, 0.3) is 0 Å². The number of aliphatic hydroxyl groups is 1. The van der Waals surface area contributed by atoms with E-state index in [-0.39, 0.29) is 5.91 Å². The van der Waals surface area contributed by atoms with Crippen molar-refractivity contribution in [2.45, 2.75) is 51.0 Å². The van der Waals surface area contributed by atoms with Crippen molar-refractivity contribution in [1.29, 1.82) is 5.26 Å². The molecule has 94 valence electrons. The van der Waals surface area contributed by atoms with Gasteiger partial charge in [0.05, 0.1) is 11.7 Å². The second kappa shape index (κ2) is 4.30. The Morgan fingerprint density at radius 1 is 1.29 bits per heavy atom.